The van der Waals surface area contributed by atoms with Crippen molar-refractivity contribution in [2.24, 2.45) is 7.05 Å². The Kier molecular flexibility index (Phi) is 4.34. The number of aryl methyl sites for hydroxylation is 2. The molecule has 0 aliphatic carbocycles. The van der Waals surface area contributed by atoms with E-state index in [-0.39, 0.29) is 0 Å². The van der Waals surface area contributed by atoms with Gasteiger partial charge >= 0.3 is 0 Å². The molecule has 19 heavy (non-hydrogen) atoms. The summed E-state index contributed by atoms with van der Waals surface area (Å²) in [6.07, 6.45) is 2.05. The van der Waals surface area contributed by atoms with Crippen LogP contribution in [0.4, 0.5) is 11.5 Å². The van der Waals surface area contributed by atoms with Crippen LogP contribution in [0, 0.1) is 0 Å². The average molecular weight is 265 g/mol. The lowest BCUT2D eigenvalue weighted by Crippen LogP contribution is -2.49. The van der Waals surface area contributed by atoms with Gasteiger partial charge in [-0.2, -0.15) is 5.10 Å². The van der Waals surface area contributed by atoms with Gasteiger partial charge in [0.1, 0.15) is 5.82 Å². The fourth-order valence-electron chi connectivity index (χ4n) is 2.83. The second-order valence-electron chi connectivity index (χ2n) is 5.67. The number of anilines is 2. The zero-order valence-corrected chi connectivity index (χ0v) is 12.7. The van der Waals surface area contributed by atoms with E-state index < -0.39 is 0 Å². The van der Waals surface area contributed by atoms with Crippen molar-refractivity contribution >= 4 is 11.5 Å². The fourth-order valence-corrected chi connectivity index (χ4v) is 2.83. The largest absolute Gasteiger partial charge is 0.394 e. The van der Waals surface area contributed by atoms with Gasteiger partial charge in [-0.05, 0) is 20.3 Å². The summed E-state index contributed by atoms with van der Waals surface area (Å²) >= 11 is 0. The van der Waals surface area contributed by atoms with E-state index in [1.165, 1.54) is 0 Å². The normalized spacial score (nSPS) is 17.4. The molecule has 1 saturated heterocycles. The van der Waals surface area contributed by atoms with Gasteiger partial charge in [0.2, 0.25) is 0 Å². The molecule has 1 aromatic heterocycles. The highest BCUT2D eigenvalue weighted by Gasteiger charge is 2.24. The third-order valence-corrected chi connectivity index (χ3v) is 3.96. The first kappa shape index (κ1) is 14.2. The molecule has 0 atom stereocenters. The SMILES string of the molecule is CCCc1nn(C)c(N2CCN(C(C)C)CC2)c1N. The van der Waals surface area contributed by atoms with E-state index in [0.29, 0.717) is 6.04 Å². The molecule has 5 nitrogen and oxygen atoms in total. The Morgan fingerprint density at radius 1 is 1.21 bits per heavy atom. The van der Waals surface area contributed by atoms with E-state index in [2.05, 4.69) is 35.7 Å². The molecular weight excluding hydrogens is 238 g/mol. The Balaban J connectivity index is 2.11. The maximum Gasteiger partial charge on any atom is 0.150 e. The van der Waals surface area contributed by atoms with Crippen molar-refractivity contribution in [2.75, 3.05) is 36.8 Å². The molecule has 5 heteroatoms. The summed E-state index contributed by atoms with van der Waals surface area (Å²) in [5.74, 6) is 1.10. The summed E-state index contributed by atoms with van der Waals surface area (Å²) < 4.78 is 1.95. The molecular formula is C14H27N5. The summed E-state index contributed by atoms with van der Waals surface area (Å²) in [6, 6.07) is 0.627. The molecule has 0 unspecified atom stereocenters. The van der Waals surface area contributed by atoms with E-state index in [0.717, 1.165) is 56.2 Å². The molecule has 0 radical (unpaired) electrons. The molecule has 0 amide bonds. The predicted molar refractivity (Wildman–Crippen MR) is 80.5 cm³/mol. The van der Waals surface area contributed by atoms with E-state index in [4.69, 9.17) is 5.73 Å². The first-order valence-corrected chi connectivity index (χ1v) is 7.35. The molecule has 2 heterocycles. The maximum atomic E-state index is 6.28. The second kappa shape index (κ2) is 5.82. The van der Waals surface area contributed by atoms with Crippen LogP contribution in [0.3, 0.4) is 0 Å². The van der Waals surface area contributed by atoms with Crippen LogP contribution in [-0.4, -0.2) is 46.9 Å². The maximum absolute atomic E-state index is 6.28. The zero-order chi connectivity index (χ0) is 14.0. The smallest absolute Gasteiger partial charge is 0.150 e. The summed E-state index contributed by atoms with van der Waals surface area (Å²) in [7, 11) is 2.00. The lowest BCUT2D eigenvalue weighted by Gasteiger charge is -2.38. The van der Waals surface area contributed by atoms with Crippen LogP contribution in [0.1, 0.15) is 32.9 Å². The topological polar surface area (TPSA) is 50.3 Å². The molecule has 0 saturated carbocycles. The van der Waals surface area contributed by atoms with Gasteiger partial charge in [-0.3, -0.25) is 9.58 Å². The molecule has 0 aromatic carbocycles. The molecule has 2 rings (SSSR count). The summed E-state index contributed by atoms with van der Waals surface area (Å²) in [5.41, 5.74) is 8.20. The third-order valence-electron chi connectivity index (χ3n) is 3.96. The van der Waals surface area contributed by atoms with Crippen molar-refractivity contribution in [3.05, 3.63) is 5.69 Å². The molecule has 108 valence electrons. The van der Waals surface area contributed by atoms with Crippen LogP contribution in [0.25, 0.3) is 0 Å². The number of aromatic nitrogens is 2. The number of nitrogen functional groups attached to an aromatic ring is 1. The van der Waals surface area contributed by atoms with Crippen LogP contribution in [0.5, 0.6) is 0 Å². The standard InChI is InChI=1S/C14H27N5/c1-5-6-12-13(15)14(17(4)16-12)19-9-7-18(8-10-19)11(2)3/h11H,5-10,15H2,1-4H3. The minimum Gasteiger partial charge on any atom is -0.394 e. The number of nitrogens with two attached hydrogens (primary N) is 1. The fraction of sp³-hybridized carbons (Fsp3) is 0.786. The van der Waals surface area contributed by atoms with Gasteiger partial charge < -0.3 is 10.6 Å². The Morgan fingerprint density at radius 3 is 2.37 bits per heavy atom. The van der Waals surface area contributed by atoms with Crippen molar-refractivity contribution < 1.29 is 0 Å². The highest BCUT2D eigenvalue weighted by molar-refractivity contribution is 5.66. The number of rotatable bonds is 4. The van der Waals surface area contributed by atoms with Gasteiger partial charge in [0.15, 0.2) is 0 Å². The Labute approximate surface area is 116 Å². The minimum absolute atomic E-state index is 0.627. The number of hydrogen-bond acceptors (Lipinski definition) is 4. The van der Waals surface area contributed by atoms with Crippen LogP contribution < -0.4 is 10.6 Å². The van der Waals surface area contributed by atoms with Gasteiger partial charge in [-0.15, -0.1) is 0 Å². The van der Waals surface area contributed by atoms with E-state index >= 15 is 0 Å². The van der Waals surface area contributed by atoms with Gasteiger partial charge in [0.25, 0.3) is 0 Å². The first-order chi connectivity index (χ1) is 9.04. The van der Waals surface area contributed by atoms with E-state index in [9.17, 15) is 0 Å². The quantitative estimate of drug-likeness (QED) is 0.896. The van der Waals surface area contributed by atoms with Crippen LogP contribution in [-0.2, 0) is 13.5 Å². The van der Waals surface area contributed by atoms with Crippen LogP contribution >= 0.6 is 0 Å². The lowest BCUT2D eigenvalue weighted by molar-refractivity contribution is 0.208. The molecule has 0 bridgehead atoms. The second-order valence-corrected chi connectivity index (χ2v) is 5.67. The van der Waals surface area contributed by atoms with Crippen molar-refractivity contribution in [1.29, 1.82) is 0 Å². The molecule has 2 N–H and O–H groups in total. The first-order valence-electron chi connectivity index (χ1n) is 7.35. The molecule has 1 fully saturated rings. The minimum atomic E-state index is 0.627. The average Bonchev–Trinajstić information content (AvgIpc) is 2.65. The van der Waals surface area contributed by atoms with Crippen molar-refractivity contribution in [1.82, 2.24) is 14.7 Å². The lowest BCUT2D eigenvalue weighted by atomic mass is 10.2. The van der Waals surface area contributed by atoms with Gasteiger partial charge in [0.05, 0.1) is 11.4 Å². The molecule has 1 aliphatic rings. The third kappa shape index (κ3) is 2.86. The van der Waals surface area contributed by atoms with Gasteiger partial charge in [0, 0.05) is 39.3 Å². The molecule has 1 aromatic rings. The van der Waals surface area contributed by atoms with Crippen molar-refractivity contribution in [3.63, 3.8) is 0 Å². The summed E-state index contributed by atoms with van der Waals surface area (Å²) in [6.45, 7) is 11.0. The van der Waals surface area contributed by atoms with Gasteiger partial charge in [-0.25, -0.2) is 0 Å². The van der Waals surface area contributed by atoms with Crippen molar-refractivity contribution in [2.45, 2.75) is 39.7 Å². The monoisotopic (exact) mass is 265 g/mol. The predicted octanol–water partition coefficient (Wildman–Crippen LogP) is 1.49. The summed E-state index contributed by atoms with van der Waals surface area (Å²) in [4.78, 5) is 4.89. The number of hydrogen-bond donors (Lipinski definition) is 1. The highest BCUT2D eigenvalue weighted by Crippen LogP contribution is 2.28. The summed E-state index contributed by atoms with van der Waals surface area (Å²) in [5, 5.41) is 4.57. The molecule has 0 spiro atoms. The van der Waals surface area contributed by atoms with Gasteiger partial charge in [-0.1, -0.05) is 13.3 Å². The molecule has 1 aliphatic heterocycles. The van der Waals surface area contributed by atoms with Crippen LogP contribution in [0.15, 0.2) is 0 Å². The number of piperazine rings is 1. The van der Waals surface area contributed by atoms with Crippen LogP contribution in [0.2, 0.25) is 0 Å². The highest BCUT2D eigenvalue weighted by atomic mass is 15.4. The Morgan fingerprint density at radius 2 is 1.84 bits per heavy atom. The van der Waals surface area contributed by atoms with E-state index in [1.807, 2.05) is 11.7 Å². The Hall–Kier alpha value is -1.23. The number of nitrogens with zero attached hydrogens (tertiary/aromatic N) is 4. The van der Waals surface area contributed by atoms with E-state index in [1.54, 1.807) is 0 Å². The van der Waals surface area contributed by atoms with Crippen molar-refractivity contribution in [3.8, 4) is 0 Å². The Bertz CT molecular complexity index is 416. The zero-order valence-electron chi connectivity index (χ0n) is 12.7.